The van der Waals surface area contributed by atoms with Gasteiger partial charge >= 0.3 is 11.7 Å². The first-order valence-corrected chi connectivity index (χ1v) is 11.8. The van der Waals surface area contributed by atoms with Gasteiger partial charge in [0.1, 0.15) is 12.4 Å². The van der Waals surface area contributed by atoms with Crippen LogP contribution in [0, 0.1) is 0 Å². The Morgan fingerprint density at radius 1 is 1.09 bits per heavy atom. The number of aromatic nitrogens is 3. The highest BCUT2D eigenvalue weighted by Gasteiger charge is 2.32. The summed E-state index contributed by atoms with van der Waals surface area (Å²) in [5, 5.41) is 6.19. The van der Waals surface area contributed by atoms with Gasteiger partial charge in [-0.05, 0) is 56.5 Å². The summed E-state index contributed by atoms with van der Waals surface area (Å²) in [5.41, 5.74) is 1.76. The van der Waals surface area contributed by atoms with Crippen LogP contribution >= 0.6 is 11.3 Å². The molecule has 170 valence electrons. The molecule has 1 atom stereocenters. The van der Waals surface area contributed by atoms with E-state index in [9.17, 15) is 9.59 Å². The molecule has 1 fully saturated rings. The predicted octanol–water partition coefficient (Wildman–Crippen LogP) is 3.10. The molecule has 0 amide bonds. The Morgan fingerprint density at radius 2 is 1.78 bits per heavy atom. The van der Waals surface area contributed by atoms with E-state index < -0.39 is 0 Å². The molecule has 2 aromatic heterocycles. The van der Waals surface area contributed by atoms with Gasteiger partial charge in [0.15, 0.2) is 0 Å². The Balaban J connectivity index is 1.44. The van der Waals surface area contributed by atoms with Crippen molar-refractivity contribution < 1.29 is 9.53 Å². The van der Waals surface area contributed by atoms with E-state index in [2.05, 4.69) is 14.9 Å². The highest BCUT2D eigenvalue weighted by molar-refractivity contribution is 7.10. The highest BCUT2D eigenvalue weighted by Crippen LogP contribution is 2.29. The number of benzene rings is 1. The van der Waals surface area contributed by atoms with E-state index in [1.807, 2.05) is 62.5 Å². The molecule has 32 heavy (non-hydrogen) atoms. The fourth-order valence-corrected chi connectivity index (χ4v) is 4.87. The fraction of sp³-hybridized carbons (Fsp3) is 0.435. The fourth-order valence-electron chi connectivity index (χ4n) is 4.02. The van der Waals surface area contributed by atoms with E-state index in [4.69, 9.17) is 4.74 Å². The monoisotopic (exact) mass is 455 g/mol. The summed E-state index contributed by atoms with van der Waals surface area (Å²) in [4.78, 5) is 30.7. The second kappa shape index (κ2) is 9.70. The Hall–Kier alpha value is -2.91. The van der Waals surface area contributed by atoms with Crippen LogP contribution in [0.5, 0.6) is 0 Å². The summed E-state index contributed by atoms with van der Waals surface area (Å²) in [5.74, 6) is -0.180. The molecule has 8 nitrogen and oxygen atoms in total. The van der Waals surface area contributed by atoms with Gasteiger partial charge in [-0.2, -0.15) is 5.10 Å². The van der Waals surface area contributed by atoms with Crippen LogP contribution in [-0.4, -0.2) is 58.0 Å². The summed E-state index contributed by atoms with van der Waals surface area (Å²) in [6.07, 6.45) is 1.57. The van der Waals surface area contributed by atoms with Gasteiger partial charge in [-0.25, -0.2) is 18.8 Å². The normalized spacial score (nSPS) is 15.8. The number of carbonyl (C=O) groups is 1. The summed E-state index contributed by atoms with van der Waals surface area (Å²) in [6, 6.07) is 11.6. The van der Waals surface area contributed by atoms with Gasteiger partial charge in [-0.1, -0.05) is 6.07 Å². The number of thiophene rings is 1. The number of carbonyl (C=O) groups excluding carboxylic acids is 1. The largest absolute Gasteiger partial charge is 0.465 e. The lowest BCUT2D eigenvalue weighted by molar-refractivity contribution is -0.150. The Kier molecular flexibility index (Phi) is 6.76. The summed E-state index contributed by atoms with van der Waals surface area (Å²) < 4.78 is 8.39. The third-order valence-electron chi connectivity index (χ3n) is 5.68. The van der Waals surface area contributed by atoms with E-state index in [0.717, 1.165) is 42.4 Å². The molecule has 3 heterocycles. The van der Waals surface area contributed by atoms with Crippen LogP contribution in [0.3, 0.4) is 0 Å². The van der Waals surface area contributed by atoms with Crippen LogP contribution in [0.1, 0.15) is 37.7 Å². The van der Waals surface area contributed by atoms with Crippen LogP contribution in [0.2, 0.25) is 0 Å². The van der Waals surface area contributed by atoms with Crippen molar-refractivity contribution in [1.82, 2.24) is 19.2 Å². The molecule has 4 rings (SSSR count). The van der Waals surface area contributed by atoms with Crippen LogP contribution < -0.4 is 10.6 Å². The quantitative estimate of drug-likeness (QED) is 0.510. The lowest BCUT2D eigenvalue weighted by Crippen LogP contribution is -2.49. The van der Waals surface area contributed by atoms with Gasteiger partial charge in [0.05, 0.1) is 18.3 Å². The van der Waals surface area contributed by atoms with Crippen LogP contribution in [0.25, 0.3) is 5.69 Å². The first-order valence-electron chi connectivity index (χ1n) is 10.9. The standard InChI is InChI=1S/C23H29N5O3S/c1-4-31-22(29)21(20-6-5-15-32-20)26-13-11-25(12-14-26)18-7-9-19(10-8-18)27-16-24-28(17(2)3)23(27)30/h5-10,15-17,21H,4,11-14H2,1-3H3. The molecule has 3 aromatic rings. The molecule has 9 heteroatoms. The minimum Gasteiger partial charge on any atom is -0.465 e. The number of rotatable bonds is 7. The molecule has 0 aliphatic carbocycles. The van der Waals surface area contributed by atoms with Crippen molar-refractivity contribution in [3.8, 4) is 5.69 Å². The molecule has 1 aromatic carbocycles. The van der Waals surface area contributed by atoms with Gasteiger partial charge in [0.25, 0.3) is 0 Å². The number of piperazine rings is 1. The average molecular weight is 456 g/mol. The smallest absolute Gasteiger partial charge is 0.350 e. The Morgan fingerprint density at radius 3 is 2.34 bits per heavy atom. The van der Waals surface area contributed by atoms with Gasteiger partial charge in [-0.15, -0.1) is 11.3 Å². The molecule has 1 saturated heterocycles. The van der Waals surface area contributed by atoms with E-state index in [-0.39, 0.29) is 23.7 Å². The lowest BCUT2D eigenvalue weighted by Gasteiger charge is -2.39. The van der Waals surface area contributed by atoms with E-state index in [1.54, 1.807) is 22.2 Å². The SMILES string of the molecule is CCOC(=O)C(c1cccs1)N1CCN(c2ccc(-n3cnn(C(C)C)c3=O)cc2)CC1. The lowest BCUT2D eigenvalue weighted by atomic mass is 10.1. The number of nitrogens with zero attached hydrogens (tertiary/aromatic N) is 5. The van der Waals surface area contributed by atoms with Crippen molar-refractivity contribution in [3.05, 3.63) is 63.5 Å². The van der Waals surface area contributed by atoms with E-state index in [1.165, 1.54) is 4.68 Å². The molecule has 0 radical (unpaired) electrons. The van der Waals surface area contributed by atoms with Crippen LogP contribution in [-0.2, 0) is 9.53 Å². The van der Waals surface area contributed by atoms with Gasteiger partial charge in [0.2, 0.25) is 0 Å². The summed E-state index contributed by atoms with van der Waals surface area (Å²) in [7, 11) is 0. The minimum atomic E-state index is -0.344. The van der Waals surface area contributed by atoms with Crippen LogP contribution in [0.4, 0.5) is 5.69 Å². The second-order valence-corrected chi connectivity index (χ2v) is 9.01. The third kappa shape index (κ3) is 4.49. The molecule has 0 bridgehead atoms. The van der Waals surface area contributed by atoms with Crippen molar-refractivity contribution in [2.45, 2.75) is 32.9 Å². The molecule has 1 aliphatic rings. The minimum absolute atomic E-state index is 0.0203. The molecule has 1 aliphatic heterocycles. The van der Waals surface area contributed by atoms with Crippen LogP contribution in [0.15, 0.2) is 52.9 Å². The first-order chi connectivity index (χ1) is 15.5. The molecule has 0 saturated carbocycles. The maximum atomic E-state index is 12.6. The highest BCUT2D eigenvalue weighted by atomic mass is 32.1. The molecule has 1 unspecified atom stereocenters. The van der Waals surface area contributed by atoms with Crippen molar-refractivity contribution in [3.63, 3.8) is 0 Å². The summed E-state index contributed by atoms with van der Waals surface area (Å²) in [6.45, 7) is 9.25. The van der Waals surface area contributed by atoms with E-state index in [0.29, 0.717) is 6.61 Å². The summed E-state index contributed by atoms with van der Waals surface area (Å²) >= 11 is 1.59. The van der Waals surface area contributed by atoms with Gasteiger partial charge < -0.3 is 9.64 Å². The number of hydrogen-bond donors (Lipinski definition) is 0. The Labute approximate surface area is 191 Å². The predicted molar refractivity (Wildman–Crippen MR) is 126 cm³/mol. The Bertz CT molecular complexity index is 1080. The molecule has 0 spiro atoms. The maximum absolute atomic E-state index is 12.6. The van der Waals surface area contributed by atoms with Crippen molar-refractivity contribution in [1.29, 1.82) is 0 Å². The molecule has 0 N–H and O–H groups in total. The van der Waals surface area contributed by atoms with Crippen molar-refractivity contribution in [2.75, 3.05) is 37.7 Å². The zero-order chi connectivity index (χ0) is 22.7. The molecular weight excluding hydrogens is 426 g/mol. The zero-order valence-electron chi connectivity index (χ0n) is 18.7. The van der Waals surface area contributed by atoms with Gasteiger partial charge in [0, 0.05) is 36.7 Å². The first kappa shape index (κ1) is 22.3. The molecular formula is C23H29N5O3S. The van der Waals surface area contributed by atoms with Crippen molar-refractivity contribution in [2.24, 2.45) is 0 Å². The topological polar surface area (TPSA) is 72.6 Å². The van der Waals surface area contributed by atoms with Gasteiger partial charge in [-0.3, -0.25) is 4.90 Å². The number of anilines is 1. The number of ether oxygens (including phenoxy) is 1. The zero-order valence-corrected chi connectivity index (χ0v) is 19.5. The third-order valence-corrected chi connectivity index (χ3v) is 6.60. The maximum Gasteiger partial charge on any atom is 0.350 e. The number of hydrogen-bond acceptors (Lipinski definition) is 7. The number of esters is 1. The van der Waals surface area contributed by atoms with Crippen molar-refractivity contribution >= 4 is 23.0 Å². The second-order valence-electron chi connectivity index (χ2n) is 8.03. The van der Waals surface area contributed by atoms with E-state index >= 15 is 0 Å². The average Bonchev–Trinajstić information content (AvgIpc) is 3.45.